The molecule has 2 aliphatic heterocycles. The van der Waals surface area contributed by atoms with E-state index in [1.165, 1.54) is 0 Å². The Labute approximate surface area is 175 Å². The molecule has 29 heavy (non-hydrogen) atoms. The van der Waals surface area contributed by atoms with Crippen LogP contribution in [-0.4, -0.2) is 57.7 Å². The van der Waals surface area contributed by atoms with E-state index in [1.54, 1.807) is 24.3 Å². The number of hydrogen-bond acceptors (Lipinski definition) is 7. The normalized spacial score (nSPS) is 19.3. The number of hydrogen-bond donors (Lipinski definition) is 0. The Balaban J connectivity index is 1.54. The third-order valence-corrected chi connectivity index (χ3v) is 5.31. The highest BCUT2D eigenvalue weighted by molar-refractivity contribution is 6.30. The lowest BCUT2D eigenvalue weighted by molar-refractivity contribution is -0.169. The van der Waals surface area contributed by atoms with Crippen LogP contribution in [0.2, 0.25) is 5.02 Å². The Bertz CT molecular complexity index is 651. The van der Waals surface area contributed by atoms with Crippen molar-refractivity contribution in [2.45, 2.75) is 31.8 Å². The fourth-order valence-corrected chi connectivity index (χ4v) is 3.38. The van der Waals surface area contributed by atoms with Gasteiger partial charge in [0.25, 0.3) is 0 Å². The zero-order valence-electron chi connectivity index (χ0n) is 16.3. The predicted molar refractivity (Wildman–Crippen MR) is 105 cm³/mol. The third kappa shape index (κ3) is 7.17. The summed E-state index contributed by atoms with van der Waals surface area (Å²) >= 11 is 5.89. The van der Waals surface area contributed by atoms with Crippen molar-refractivity contribution in [2.75, 3.05) is 39.6 Å². The van der Waals surface area contributed by atoms with E-state index in [0.717, 1.165) is 0 Å². The second kappa shape index (κ2) is 11.4. The first kappa shape index (κ1) is 21.9. The fraction of sp³-hybridized carbons (Fsp3) is 0.619. The van der Waals surface area contributed by atoms with E-state index < -0.39 is 6.10 Å². The second-order valence-electron chi connectivity index (χ2n) is 7.23. The minimum atomic E-state index is -0.690. The van der Waals surface area contributed by atoms with Gasteiger partial charge in [-0.15, -0.1) is 0 Å². The van der Waals surface area contributed by atoms with E-state index >= 15 is 0 Å². The van der Waals surface area contributed by atoms with Crippen molar-refractivity contribution in [1.82, 2.24) is 0 Å². The molecule has 0 amide bonds. The quantitative estimate of drug-likeness (QED) is 0.591. The first-order valence-corrected chi connectivity index (χ1v) is 10.4. The van der Waals surface area contributed by atoms with E-state index in [1.807, 2.05) is 0 Å². The lowest BCUT2D eigenvalue weighted by Crippen LogP contribution is -2.36. The van der Waals surface area contributed by atoms with Crippen molar-refractivity contribution in [2.24, 2.45) is 11.8 Å². The molecule has 0 saturated carbocycles. The summed E-state index contributed by atoms with van der Waals surface area (Å²) in [6.07, 6.45) is 1.86. The van der Waals surface area contributed by atoms with E-state index in [4.69, 9.17) is 35.3 Å². The van der Waals surface area contributed by atoms with Crippen molar-refractivity contribution in [3.8, 4) is 5.75 Å². The van der Waals surface area contributed by atoms with Crippen LogP contribution in [0.15, 0.2) is 24.3 Å². The molecule has 0 N–H and O–H groups in total. The first-order valence-electron chi connectivity index (χ1n) is 10.0. The molecule has 0 spiro atoms. The predicted octanol–water partition coefficient (Wildman–Crippen LogP) is 3.03. The molecule has 0 bridgehead atoms. The molecule has 160 valence electrons. The lowest BCUT2D eigenvalue weighted by atomic mass is 10.0. The number of halogens is 1. The van der Waals surface area contributed by atoms with Crippen LogP contribution in [0.25, 0.3) is 0 Å². The molecule has 7 nitrogen and oxygen atoms in total. The van der Waals surface area contributed by atoms with Gasteiger partial charge in [0.2, 0.25) is 0 Å². The van der Waals surface area contributed by atoms with Crippen molar-refractivity contribution in [3.63, 3.8) is 0 Å². The molecule has 1 atom stereocenters. The molecule has 0 unspecified atom stereocenters. The molecular formula is C21H27ClO7. The molecule has 3 rings (SSSR count). The number of carbonyl (C=O) groups excluding carboxylic acids is 2. The monoisotopic (exact) mass is 426 g/mol. The van der Waals surface area contributed by atoms with Gasteiger partial charge in [0.1, 0.15) is 19.0 Å². The Hall–Kier alpha value is -1.83. The van der Waals surface area contributed by atoms with Gasteiger partial charge >= 0.3 is 11.9 Å². The minimum Gasteiger partial charge on any atom is -0.490 e. The molecule has 0 radical (unpaired) electrons. The molecule has 8 heteroatoms. The van der Waals surface area contributed by atoms with Crippen LogP contribution in [-0.2, 0) is 28.5 Å². The van der Waals surface area contributed by atoms with Crippen LogP contribution in [0.3, 0.4) is 0 Å². The van der Waals surface area contributed by atoms with Gasteiger partial charge in [-0.25, -0.2) is 0 Å². The summed E-state index contributed by atoms with van der Waals surface area (Å²) in [5.41, 5.74) is 0. The van der Waals surface area contributed by atoms with Gasteiger partial charge in [0.15, 0.2) is 6.10 Å². The van der Waals surface area contributed by atoms with Crippen molar-refractivity contribution in [1.29, 1.82) is 0 Å². The van der Waals surface area contributed by atoms with Gasteiger partial charge in [-0.05, 0) is 49.9 Å². The third-order valence-electron chi connectivity index (χ3n) is 5.05. The van der Waals surface area contributed by atoms with Gasteiger partial charge in [-0.2, -0.15) is 0 Å². The van der Waals surface area contributed by atoms with E-state index in [9.17, 15) is 9.59 Å². The van der Waals surface area contributed by atoms with Gasteiger partial charge in [-0.1, -0.05) is 11.6 Å². The Morgan fingerprint density at radius 2 is 1.45 bits per heavy atom. The Morgan fingerprint density at radius 3 is 2.03 bits per heavy atom. The average molecular weight is 427 g/mol. The second-order valence-corrected chi connectivity index (χ2v) is 7.66. The number of ether oxygens (including phenoxy) is 5. The van der Waals surface area contributed by atoms with Gasteiger partial charge in [0, 0.05) is 31.5 Å². The van der Waals surface area contributed by atoms with E-state index in [-0.39, 0.29) is 37.0 Å². The van der Waals surface area contributed by atoms with Crippen molar-refractivity contribution in [3.05, 3.63) is 29.3 Å². The summed E-state index contributed by atoms with van der Waals surface area (Å²) in [5.74, 6) is -0.370. The Morgan fingerprint density at radius 1 is 0.897 bits per heavy atom. The van der Waals surface area contributed by atoms with Crippen LogP contribution in [0.1, 0.15) is 25.7 Å². The zero-order chi connectivity index (χ0) is 20.5. The summed E-state index contributed by atoms with van der Waals surface area (Å²) in [6, 6.07) is 6.89. The molecule has 2 heterocycles. The Kier molecular flexibility index (Phi) is 8.58. The highest BCUT2D eigenvalue weighted by atomic mass is 35.5. The number of esters is 2. The minimum absolute atomic E-state index is 0.0429. The summed E-state index contributed by atoms with van der Waals surface area (Å²) in [7, 11) is 0. The van der Waals surface area contributed by atoms with Gasteiger partial charge < -0.3 is 23.7 Å². The molecule has 0 aliphatic carbocycles. The highest BCUT2D eigenvalue weighted by Gasteiger charge is 2.28. The van der Waals surface area contributed by atoms with Gasteiger partial charge in [-0.3, -0.25) is 9.59 Å². The summed E-state index contributed by atoms with van der Waals surface area (Å²) in [4.78, 5) is 24.8. The van der Waals surface area contributed by atoms with Gasteiger partial charge in [0.05, 0.1) is 11.8 Å². The molecule has 2 saturated heterocycles. The molecule has 0 aromatic heterocycles. The zero-order valence-corrected chi connectivity index (χ0v) is 17.1. The molecular weight excluding hydrogens is 400 g/mol. The van der Waals surface area contributed by atoms with Crippen LogP contribution in [0.4, 0.5) is 0 Å². The molecule has 2 fully saturated rings. The van der Waals surface area contributed by atoms with Crippen molar-refractivity contribution < 1.29 is 33.3 Å². The summed E-state index contributed by atoms with van der Waals surface area (Å²) in [5, 5.41) is 0.602. The van der Waals surface area contributed by atoms with E-state index in [2.05, 4.69) is 0 Å². The smallest absolute Gasteiger partial charge is 0.309 e. The maximum absolute atomic E-state index is 12.5. The summed E-state index contributed by atoms with van der Waals surface area (Å²) in [6.45, 7) is 2.24. The SMILES string of the molecule is O=C(OC[C@H](COc1ccc(Cl)cc1)OC(=O)C1CCOCC1)C1CCOCC1. The summed E-state index contributed by atoms with van der Waals surface area (Å²) < 4.78 is 27.4. The van der Waals surface area contributed by atoms with Crippen LogP contribution < -0.4 is 4.74 Å². The average Bonchev–Trinajstić information content (AvgIpc) is 2.77. The lowest BCUT2D eigenvalue weighted by Gasteiger charge is -2.25. The fourth-order valence-electron chi connectivity index (χ4n) is 3.26. The number of rotatable bonds is 8. The van der Waals surface area contributed by atoms with E-state index in [0.29, 0.717) is 62.9 Å². The maximum Gasteiger partial charge on any atom is 0.309 e. The molecule has 2 aliphatic rings. The highest BCUT2D eigenvalue weighted by Crippen LogP contribution is 2.20. The molecule has 1 aromatic rings. The number of benzene rings is 1. The molecule has 1 aromatic carbocycles. The number of carbonyl (C=O) groups is 2. The van der Waals surface area contributed by atoms with Crippen molar-refractivity contribution >= 4 is 23.5 Å². The standard InChI is InChI=1S/C21H27ClO7/c22-17-1-3-18(4-2-17)27-13-19(29-21(24)16-7-11-26-12-8-16)14-28-20(23)15-5-9-25-10-6-15/h1-4,15-16,19H,5-14H2/t19-/m0/s1. The maximum atomic E-state index is 12.5. The topological polar surface area (TPSA) is 80.3 Å². The largest absolute Gasteiger partial charge is 0.490 e. The van der Waals surface area contributed by atoms with Crippen LogP contribution in [0, 0.1) is 11.8 Å². The van der Waals surface area contributed by atoms with Crippen LogP contribution in [0.5, 0.6) is 5.75 Å². The van der Waals surface area contributed by atoms with Crippen LogP contribution >= 0.6 is 11.6 Å². The first-order chi connectivity index (χ1) is 14.1.